The Morgan fingerprint density at radius 1 is 1.20 bits per heavy atom. The van der Waals surface area contributed by atoms with E-state index in [4.69, 9.17) is 5.11 Å². The Labute approximate surface area is 115 Å². The standard InChI is InChI=1S/C13H20F3NO3/c1-7(8(2)12(19)20)11(18)17(6-13(14,15)16)9(3)10-4-5-10/h7-10H,4-6H2,1-3H3,(H,19,20). The Balaban J connectivity index is 2.85. The zero-order chi connectivity index (χ0) is 15.7. The highest BCUT2D eigenvalue weighted by Crippen LogP contribution is 2.37. The number of carbonyl (C=O) groups is 2. The lowest BCUT2D eigenvalue weighted by molar-refractivity contribution is -0.170. The van der Waals surface area contributed by atoms with E-state index in [0.717, 1.165) is 17.7 Å². The highest BCUT2D eigenvalue weighted by molar-refractivity contribution is 5.84. The van der Waals surface area contributed by atoms with E-state index < -0.39 is 42.5 Å². The van der Waals surface area contributed by atoms with Crippen LogP contribution >= 0.6 is 0 Å². The molecule has 4 nitrogen and oxygen atoms in total. The lowest BCUT2D eigenvalue weighted by Gasteiger charge is -2.33. The normalized spacial score (nSPS) is 20.1. The number of halogens is 3. The van der Waals surface area contributed by atoms with Crippen molar-refractivity contribution < 1.29 is 27.9 Å². The van der Waals surface area contributed by atoms with E-state index in [-0.39, 0.29) is 5.92 Å². The summed E-state index contributed by atoms with van der Waals surface area (Å²) in [6.07, 6.45) is -2.86. The summed E-state index contributed by atoms with van der Waals surface area (Å²) in [5.74, 6) is -3.82. The monoisotopic (exact) mass is 295 g/mol. The molecule has 0 radical (unpaired) electrons. The first-order chi connectivity index (χ1) is 9.04. The maximum Gasteiger partial charge on any atom is 0.406 e. The largest absolute Gasteiger partial charge is 0.481 e. The molecule has 0 bridgehead atoms. The van der Waals surface area contributed by atoms with Gasteiger partial charge in [-0.3, -0.25) is 9.59 Å². The molecule has 0 heterocycles. The molecule has 0 saturated heterocycles. The highest BCUT2D eigenvalue weighted by Gasteiger charge is 2.42. The van der Waals surface area contributed by atoms with Crippen LogP contribution in [0, 0.1) is 17.8 Å². The molecule has 0 aromatic carbocycles. The Kier molecular flexibility index (Phi) is 5.05. The lowest BCUT2D eigenvalue weighted by Crippen LogP contribution is -2.49. The number of carbonyl (C=O) groups excluding carboxylic acids is 1. The fraction of sp³-hybridized carbons (Fsp3) is 0.846. The number of rotatable bonds is 6. The summed E-state index contributed by atoms with van der Waals surface area (Å²) in [7, 11) is 0. The van der Waals surface area contributed by atoms with Crippen molar-refractivity contribution in [1.82, 2.24) is 4.90 Å². The molecular formula is C13H20F3NO3. The van der Waals surface area contributed by atoms with Crippen molar-refractivity contribution in [3.05, 3.63) is 0 Å². The summed E-state index contributed by atoms with van der Waals surface area (Å²) in [6, 6.07) is -0.507. The minimum Gasteiger partial charge on any atom is -0.481 e. The third kappa shape index (κ3) is 4.38. The van der Waals surface area contributed by atoms with Crippen LogP contribution in [0.4, 0.5) is 13.2 Å². The first kappa shape index (κ1) is 16.8. The van der Waals surface area contributed by atoms with E-state index in [0.29, 0.717) is 0 Å². The molecule has 20 heavy (non-hydrogen) atoms. The molecule has 3 unspecified atom stereocenters. The van der Waals surface area contributed by atoms with Crippen molar-refractivity contribution in [3.63, 3.8) is 0 Å². The molecule has 7 heteroatoms. The summed E-state index contributed by atoms with van der Waals surface area (Å²) in [5, 5.41) is 8.88. The predicted octanol–water partition coefficient (Wildman–Crippen LogP) is 2.53. The molecular weight excluding hydrogens is 275 g/mol. The second-order valence-corrected chi connectivity index (χ2v) is 5.57. The van der Waals surface area contributed by atoms with E-state index >= 15 is 0 Å². The van der Waals surface area contributed by atoms with E-state index in [1.165, 1.54) is 13.8 Å². The van der Waals surface area contributed by atoms with Crippen molar-refractivity contribution >= 4 is 11.9 Å². The van der Waals surface area contributed by atoms with E-state index in [1.54, 1.807) is 6.92 Å². The molecule has 1 fully saturated rings. The van der Waals surface area contributed by atoms with Crippen molar-refractivity contribution in [2.45, 2.75) is 45.8 Å². The maximum atomic E-state index is 12.6. The first-order valence-corrected chi connectivity index (χ1v) is 6.64. The molecule has 1 saturated carbocycles. The SMILES string of the molecule is CC(C(=O)O)C(C)C(=O)N(CC(F)(F)F)C(C)C1CC1. The average molecular weight is 295 g/mol. The van der Waals surface area contributed by atoms with Gasteiger partial charge in [0.05, 0.1) is 5.92 Å². The Morgan fingerprint density at radius 3 is 2.05 bits per heavy atom. The lowest BCUT2D eigenvalue weighted by atomic mass is 9.94. The van der Waals surface area contributed by atoms with Gasteiger partial charge in [-0.25, -0.2) is 0 Å². The highest BCUT2D eigenvalue weighted by atomic mass is 19.4. The Morgan fingerprint density at radius 2 is 1.70 bits per heavy atom. The second kappa shape index (κ2) is 6.01. The van der Waals surface area contributed by atoms with E-state index in [1.807, 2.05) is 0 Å². The molecule has 3 atom stereocenters. The number of hydrogen-bond acceptors (Lipinski definition) is 2. The smallest absolute Gasteiger partial charge is 0.406 e. The molecule has 0 aromatic heterocycles. The number of alkyl halides is 3. The molecule has 0 aromatic rings. The van der Waals surface area contributed by atoms with Gasteiger partial charge < -0.3 is 10.0 Å². The van der Waals surface area contributed by atoms with Gasteiger partial charge in [0.2, 0.25) is 5.91 Å². The molecule has 1 aliphatic carbocycles. The summed E-state index contributed by atoms with van der Waals surface area (Å²) in [6.45, 7) is 2.97. The summed E-state index contributed by atoms with van der Waals surface area (Å²) in [4.78, 5) is 23.9. The summed E-state index contributed by atoms with van der Waals surface area (Å²) in [5.41, 5.74) is 0. The molecule has 116 valence electrons. The van der Waals surface area contributed by atoms with Gasteiger partial charge in [-0.1, -0.05) is 13.8 Å². The zero-order valence-electron chi connectivity index (χ0n) is 11.8. The zero-order valence-corrected chi connectivity index (χ0v) is 11.8. The fourth-order valence-electron chi connectivity index (χ4n) is 2.14. The van der Waals surface area contributed by atoms with Crippen molar-refractivity contribution in [2.24, 2.45) is 17.8 Å². The Bertz CT molecular complexity index is 380. The van der Waals surface area contributed by atoms with Gasteiger partial charge in [0, 0.05) is 12.0 Å². The molecule has 0 spiro atoms. The minimum absolute atomic E-state index is 0.0913. The predicted molar refractivity (Wildman–Crippen MR) is 65.9 cm³/mol. The second-order valence-electron chi connectivity index (χ2n) is 5.57. The number of amides is 1. The average Bonchev–Trinajstić information content (AvgIpc) is 3.15. The Hall–Kier alpha value is -1.27. The third-order valence-electron chi connectivity index (χ3n) is 3.96. The van der Waals surface area contributed by atoms with E-state index in [9.17, 15) is 22.8 Å². The van der Waals surface area contributed by atoms with Gasteiger partial charge in [-0.05, 0) is 25.7 Å². The van der Waals surface area contributed by atoms with Crippen molar-refractivity contribution in [2.75, 3.05) is 6.54 Å². The van der Waals surface area contributed by atoms with Crippen LogP contribution in [0.5, 0.6) is 0 Å². The number of carboxylic acid groups (broad SMARTS) is 1. The van der Waals surface area contributed by atoms with Crippen LogP contribution in [0.2, 0.25) is 0 Å². The molecule has 1 rings (SSSR count). The molecule has 1 aliphatic rings. The maximum absolute atomic E-state index is 12.6. The van der Waals surface area contributed by atoms with Crippen molar-refractivity contribution in [1.29, 1.82) is 0 Å². The van der Waals surface area contributed by atoms with Crippen LogP contribution in [0.1, 0.15) is 33.6 Å². The quantitative estimate of drug-likeness (QED) is 0.819. The van der Waals surface area contributed by atoms with Gasteiger partial charge in [-0.2, -0.15) is 13.2 Å². The van der Waals surface area contributed by atoms with Crippen LogP contribution in [0.15, 0.2) is 0 Å². The third-order valence-corrected chi connectivity index (χ3v) is 3.96. The minimum atomic E-state index is -4.48. The van der Waals surface area contributed by atoms with Crippen LogP contribution in [-0.2, 0) is 9.59 Å². The molecule has 1 amide bonds. The first-order valence-electron chi connectivity index (χ1n) is 6.64. The van der Waals surface area contributed by atoms with Crippen LogP contribution in [0.25, 0.3) is 0 Å². The summed E-state index contributed by atoms with van der Waals surface area (Å²) >= 11 is 0. The van der Waals surface area contributed by atoms with Crippen LogP contribution < -0.4 is 0 Å². The van der Waals surface area contributed by atoms with Crippen LogP contribution in [-0.4, -0.2) is 40.6 Å². The number of aliphatic carboxylic acids is 1. The van der Waals surface area contributed by atoms with Gasteiger partial charge >= 0.3 is 12.1 Å². The number of hydrogen-bond donors (Lipinski definition) is 1. The van der Waals surface area contributed by atoms with Gasteiger partial charge in [0.15, 0.2) is 0 Å². The number of carboxylic acids is 1. The molecule has 1 N–H and O–H groups in total. The summed E-state index contributed by atoms with van der Waals surface area (Å²) < 4.78 is 37.9. The van der Waals surface area contributed by atoms with E-state index in [2.05, 4.69) is 0 Å². The van der Waals surface area contributed by atoms with Gasteiger partial charge in [-0.15, -0.1) is 0 Å². The van der Waals surface area contributed by atoms with Gasteiger partial charge in [0.25, 0.3) is 0 Å². The van der Waals surface area contributed by atoms with Crippen molar-refractivity contribution in [3.8, 4) is 0 Å². The van der Waals surface area contributed by atoms with Crippen LogP contribution in [0.3, 0.4) is 0 Å². The fourth-order valence-corrected chi connectivity index (χ4v) is 2.14. The van der Waals surface area contributed by atoms with Gasteiger partial charge in [0.1, 0.15) is 6.54 Å². The number of nitrogens with zero attached hydrogens (tertiary/aromatic N) is 1. The molecule has 0 aliphatic heterocycles. The topological polar surface area (TPSA) is 57.6 Å².